The highest BCUT2D eigenvalue weighted by molar-refractivity contribution is 5.78. The summed E-state index contributed by atoms with van der Waals surface area (Å²) in [5.41, 5.74) is 0.331. The van der Waals surface area contributed by atoms with Gasteiger partial charge in [-0.05, 0) is 12.1 Å². The number of phenols is 1. The summed E-state index contributed by atoms with van der Waals surface area (Å²) >= 11 is 0. The molecular weight excluding hydrogens is 164 g/mol. The Morgan fingerprint density at radius 2 is 1.54 bits per heavy atom. The Labute approximate surface area is 80.2 Å². The summed E-state index contributed by atoms with van der Waals surface area (Å²) < 4.78 is 0. The van der Waals surface area contributed by atoms with Crippen molar-refractivity contribution in [2.24, 2.45) is 0 Å². The van der Waals surface area contributed by atoms with Gasteiger partial charge in [-0.2, -0.15) is 0 Å². The van der Waals surface area contributed by atoms with Crippen LogP contribution in [0.3, 0.4) is 0 Å². The van der Waals surface area contributed by atoms with Crippen LogP contribution in [0.5, 0.6) is 5.75 Å². The van der Waals surface area contributed by atoms with E-state index in [1.165, 1.54) is 6.07 Å². The molecular formula is C11H18O2. The molecule has 0 aliphatic heterocycles. The molecule has 0 fully saturated rings. The topological polar surface area (TPSA) is 37.3 Å². The molecule has 0 saturated carbocycles. The third kappa shape index (κ3) is 5.91. The van der Waals surface area contributed by atoms with E-state index < -0.39 is 0 Å². The lowest BCUT2D eigenvalue weighted by atomic mass is 10.2. The highest BCUT2D eigenvalue weighted by atomic mass is 16.3. The van der Waals surface area contributed by atoms with Crippen molar-refractivity contribution in [2.45, 2.75) is 27.7 Å². The number of hydrogen-bond donors (Lipinski definition) is 1. The van der Waals surface area contributed by atoms with Crippen molar-refractivity contribution in [1.29, 1.82) is 0 Å². The Hall–Kier alpha value is -1.31. The molecule has 2 nitrogen and oxygen atoms in total. The molecule has 0 heterocycles. The molecule has 2 heteroatoms. The first-order chi connectivity index (χ1) is 6.34. The normalized spacial score (nSPS) is 7.08. The molecule has 0 aromatic heterocycles. The molecule has 0 aliphatic carbocycles. The number of aromatic hydroxyl groups is 1. The van der Waals surface area contributed by atoms with Crippen molar-refractivity contribution in [3.63, 3.8) is 0 Å². The van der Waals surface area contributed by atoms with Crippen LogP contribution < -0.4 is 0 Å². The maximum absolute atomic E-state index is 10.1. The fraction of sp³-hybridized carbons (Fsp3) is 0.364. The monoisotopic (exact) mass is 182 g/mol. The first-order valence-electron chi connectivity index (χ1n) is 4.58. The summed E-state index contributed by atoms with van der Waals surface area (Å²) in [7, 11) is 0. The predicted molar refractivity (Wildman–Crippen MR) is 56.2 cm³/mol. The fourth-order valence-corrected chi connectivity index (χ4v) is 0.587. The minimum absolute atomic E-state index is 0.0347. The smallest absolute Gasteiger partial charge is 0.153 e. The quantitative estimate of drug-likeness (QED) is 0.677. The van der Waals surface area contributed by atoms with Gasteiger partial charge in [-0.3, -0.25) is 4.79 Å². The lowest BCUT2D eigenvalue weighted by Gasteiger charge is -1.91. The fourth-order valence-electron chi connectivity index (χ4n) is 0.587. The largest absolute Gasteiger partial charge is 0.507 e. The molecule has 1 N–H and O–H groups in total. The summed E-state index contributed by atoms with van der Waals surface area (Å²) in [4.78, 5) is 10.1. The Morgan fingerprint density at radius 3 is 1.85 bits per heavy atom. The van der Waals surface area contributed by atoms with E-state index in [-0.39, 0.29) is 5.75 Å². The number of phenolic OH excluding ortho intramolecular Hbond substituents is 1. The second kappa shape index (κ2) is 10.7. The molecule has 0 spiro atoms. The van der Waals surface area contributed by atoms with Crippen LogP contribution in [0.1, 0.15) is 38.1 Å². The summed E-state index contributed by atoms with van der Waals surface area (Å²) in [5.74, 6) is 0.0347. The van der Waals surface area contributed by atoms with Gasteiger partial charge in [0.05, 0.1) is 5.56 Å². The molecule has 0 aliphatic rings. The number of carbonyl (C=O) groups excluding carboxylic acids is 1. The van der Waals surface area contributed by atoms with Gasteiger partial charge in [0.25, 0.3) is 0 Å². The predicted octanol–water partition coefficient (Wildman–Crippen LogP) is 3.26. The second-order valence-corrected chi connectivity index (χ2v) is 1.68. The van der Waals surface area contributed by atoms with Crippen molar-refractivity contribution < 1.29 is 9.90 Å². The van der Waals surface area contributed by atoms with Crippen molar-refractivity contribution >= 4 is 6.29 Å². The van der Waals surface area contributed by atoms with Crippen LogP contribution in [0.2, 0.25) is 0 Å². The van der Waals surface area contributed by atoms with Gasteiger partial charge in [0.2, 0.25) is 0 Å². The van der Waals surface area contributed by atoms with Gasteiger partial charge < -0.3 is 5.11 Å². The third-order valence-electron chi connectivity index (χ3n) is 1.06. The molecule has 0 bridgehead atoms. The van der Waals surface area contributed by atoms with E-state index in [9.17, 15) is 4.79 Å². The van der Waals surface area contributed by atoms with Crippen molar-refractivity contribution in [3.8, 4) is 5.75 Å². The zero-order valence-electron chi connectivity index (χ0n) is 8.74. The maximum atomic E-state index is 10.1. The van der Waals surface area contributed by atoms with Gasteiger partial charge in [0, 0.05) is 0 Å². The molecule has 0 saturated heterocycles. The van der Waals surface area contributed by atoms with E-state index in [0.717, 1.165) is 0 Å². The molecule has 1 rings (SSSR count). The molecule has 1 aromatic rings. The Bertz CT molecular complexity index is 219. The zero-order valence-corrected chi connectivity index (χ0v) is 8.74. The van der Waals surface area contributed by atoms with Gasteiger partial charge in [0.1, 0.15) is 5.75 Å². The van der Waals surface area contributed by atoms with E-state index >= 15 is 0 Å². The minimum atomic E-state index is 0.0347. The molecule has 0 unspecified atom stereocenters. The van der Waals surface area contributed by atoms with Crippen LogP contribution in [0.4, 0.5) is 0 Å². The Kier molecular flexibility index (Phi) is 11.7. The van der Waals surface area contributed by atoms with Crippen LogP contribution in [0.25, 0.3) is 0 Å². The van der Waals surface area contributed by atoms with Crippen LogP contribution in [-0.4, -0.2) is 11.4 Å². The minimum Gasteiger partial charge on any atom is -0.507 e. The molecule has 0 atom stereocenters. The van der Waals surface area contributed by atoms with Gasteiger partial charge in [0.15, 0.2) is 6.29 Å². The van der Waals surface area contributed by atoms with E-state index in [2.05, 4.69) is 0 Å². The highest BCUT2D eigenvalue weighted by Gasteiger charge is 1.93. The van der Waals surface area contributed by atoms with Gasteiger partial charge >= 0.3 is 0 Å². The van der Waals surface area contributed by atoms with E-state index in [4.69, 9.17) is 5.11 Å². The number of benzene rings is 1. The lowest BCUT2D eigenvalue weighted by Crippen LogP contribution is -1.77. The summed E-state index contributed by atoms with van der Waals surface area (Å²) in [6, 6.07) is 6.40. The number of carbonyl (C=O) groups is 1. The van der Waals surface area contributed by atoms with Crippen LogP contribution in [0, 0.1) is 0 Å². The number of para-hydroxylation sites is 1. The van der Waals surface area contributed by atoms with Crippen LogP contribution >= 0.6 is 0 Å². The Morgan fingerprint density at radius 1 is 1.08 bits per heavy atom. The van der Waals surface area contributed by atoms with E-state index in [0.29, 0.717) is 11.8 Å². The first kappa shape index (κ1) is 14.2. The standard InChI is InChI=1S/C7H6O2.2C2H6/c8-5-6-3-1-2-4-7(6)9;2*1-2/h1-5,9H;2*1-2H3. The molecule has 74 valence electrons. The average molecular weight is 182 g/mol. The van der Waals surface area contributed by atoms with Gasteiger partial charge in [-0.15, -0.1) is 0 Å². The summed E-state index contributed by atoms with van der Waals surface area (Å²) in [6.45, 7) is 8.00. The van der Waals surface area contributed by atoms with Crippen molar-refractivity contribution in [3.05, 3.63) is 29.8 Å². The number of rotatable bonds is 1. The molecule has 0 amide bonds. The zero-order chi connectivity index (χ0) is 10.7. The summed E-state index contributed by atoms with van der Waals surface area (Å²) in [5, 5.41) is 8.88. The number of hydrogen-bond acceptors (Lipinski definition) is 2. The maximum Gasteiger partial charge on any atom is 0.153 e. The van der Waals surface area contributed by atoms with Crippen molar-refractivity contribution in [1.82, 2.24) is 0 Å². The molecule has 1 aromatic carbocycles. The first-order valence-corrected chi connectivity index (χ1v) is 4.58. The highest BCUT2D eigenvalue weighted by Crippen LogP contribution is 2.11. The SMILES string of the molecule is CC.CC.O=Cc1ccccc1O. The van der Waals surface area contributed by atoms with Crippen molar-refractivity contribution in [2.75, 3.05) is 0 Å². The lowest BCUT2D eigenvalue weighted by molar-refractivity contribution is 0.112. The molecule has 13 heavy (non-hydrogen) atoms. The number of aldehydes is 1. The molecule has 0 radical (unpaired) electrons. The Balaban J connectivity index is 0. The van der Waals surface area contributed by atoms with Gasteiger partial charge in [-0.25, -0.2) is 0 Å². The van der Waals surface area contributed by atoms with E-state index in [1.54, 1.807) is 18.2 Å². The third-order valence-corrected chi connectivity index (χ3v) is 1.06. The van der Waals surface area contributed by atoms with Crippen LogP contribution in [0.15, 0.2) is 24.3 Å². The average Bonchev–Trinajstić information content (AvgIpc) is 2.24. The van der Waals surface area contributed by atoms with Crippen LogP contribution in [-0.2, 0) is 0 Å². The van der Waals surface area contributed by atoms with E-state index in [1.807, 2.05) is 27.7 Å². The van der Waals surface area contributed by atoms with Gasteiger partial charge in [-0.1, -0.05) is 39.8 Å². The summed E-state index contributed by atoms with van der Waals surface area (Å²) in [6.07, 6.45) is 0.620. The second-order valence-electron chi connectivity index (χ2n) is 1.68.